The highest BCUT2D eigenvalue weighted by Crippen LogP contribution is 2.32. The molecule has 3 rings (SSSR count). The number of rotatable bonds is 2. The molecular weight excluding hydrogens is 264 g/mol. The predicted octanol–water partition coefficient (Wildman–Crippen LogP) is 3.81. The summed E-state index contributed by atoms with van der Waals surface area (Å²) in [6.07, 6.45) is 0. The van der Waals surface area contributed by atoms with E-state index in [0.717, 1.165) is 12.1 Å². The molecule has 0 amide bonds. The molecule has 1 aromatic heterocycles. The van der Waals surface area contributed by atoms with Crippen LogP contribution < -0.4 is 0 Å². The standard InChI is InChI=1S/C15H9F2NO2/c16-10-5-2-6-11(17)13(10)9-4-1-3-8-7-12(15(19)20)18-14(8)9/h1-7,18H,(H,19,20). The van der Waals surface area contributed by atoms with Gasteiger partial charge in [-0.3, -0.25) is 0 Å². The zero-order valence-corrected chi connectivity index (χ0v) is 10.2. The van der Waals surface area contributed by atoms with Gasteiger partial charge < -0.3 is 10.1 Å². The summed E-state index contributed by atoms with van der Waals surface area (Å²) in [5, 5.41) is 9.56. The zero-order chi connectivity index (χ0) is 14.3. The molecule has 0 spiro atoms. The molecule has 2 N–H and O–H groups in total. The maximum absolute atomic E-state index is 13.9. The summed E-state index contributed by atoms with van der Waals surface area (Å²) in [5.41, 5.74) is 0.501. The second kappa shape index (κ2) is 4.45. The first-order valence-electron chi connectivity index (χ1n) is 5.87. The number of carboxylic acid groups (broad SMARTS) is 1. The van der Waals surface area contributed by atoms with Crippen LogP contribution in [0.25, 0.3) is 22.0 Å². The van der Waals surface area contributed by atoms with E-state index < -0.39 is 17.6 Å². The molecule has 0 aliphatic rings. The largest absolute Gasteiger partial charge is 0.477 e. The molecule has 0 radical (unpaired) electrons. The second-order valence-corrected chi connectivity index (χ2v) is 4.35. The number of aromatic carboxylic acids is 1. The highest BCUT2D eigenvalue weighted by Gasteiger charge is 2.16. The average Bonchev–Trinajstić information content (AvgIpc) is 2.83. The fraction of sp³-hybridized carbons (Fsp3) is 0. The Morgan fingerprint density at radius 1 is 1.05 bits per heavy atom. The van der Waals surface area contributed by atoms with Gasteiger partial charge in [0, 0.05) is 10.9 Å². The second-order valence-electron chi connectivity index (χ2n) is 4.35. The van der Waals surface area contributed by atoms with Gasteiger partial charge in [-0.05, 0) is 18.2 Å². The van der Waals surface area contributed by atoms with E-state index in [1.54, 1.807) is 18.2 Å². The Labute approximate surface area is 112 Å². The Morgan fingerprint density at radius 3 is 2.35 bits per heavy atom. The van der Waals surface area contributed by atoms with Crippen LogP contribution in [0.1, 0.15) is 10.5 Å². The molecular formula is C15H9F2NO2. The third-order valence-corrected chi connectivity index (χ3v) is 3.12. The highest BCUT2D eigenvalue weighted by atomic mass is 19.1. The smallest absolute Gasteiger partial charge is 0.352 e. The van der Waals surface area contributed by atoms with E-state index in [1.165, 1.54) is 12.1 Å². The molecule has 3 nitrogen and oxygen atoms in total. The zero-order valence-electron chi connectivity index (χ0n) is 10.2. The topological polar surface area (TPSA) is 53.1 Å². The van der Waals surface area contributed by atoms with Gasteiger partial charge in [0.2, 0.25) is 0 Å². The summed E-state index contributed by atoms with van der Waals surface area (Å²) >= 11 is 0. The summed E-state index contributed by atoms with van der Waals surface area (Å²) < 4.78 is 27.7. The molecule has 0 saturated heterocycles. The maximum Gasteiger partial charge on any atom is 0.352 e. The maximum atomic E-state index is 13.9. The molecule has 0 aliphatic carbocycles. The van der Waals surface area contributed by atoms with Gasteiger partial charge in [-0.25, -0.2) is 13.6 Å². The van der Waals surface area contributed by atoms with Gasteiger partial charge in [-0.1, -0.05) is 24.3 Å². The number of carbonyl (C=O) groups is 1. The van der Waals surface area contributed by atoms with E-state index in [1.807, 2.05) is 0 Å². The summed E-state index contributed by atoms with van der Waals surface area (Å²) in [7, 11) is 0. The van der Waals surface area contributed by atoms with Gasteiger partial charge >= 0.3 is 5.97 Å². The van der Waals surface area contributed by atoms with Gasteiger partial charge in [0.25, 0.3) is 0 Å². The van der Waals surface area contributed by atoms with E-state index in [4.69, 9.17) is 5.11 Å². The van der Waals surface area contributed by atoms with Crippen molar-refractivity contribution in [2.24, 2.45) is 0 Å². The number of benzene rings is 2. The van der Waals surface area contributed by atoms with Crippen LogP contribution in [0.2, 0.25) is 0 Å². The van der Waals surface area contributed by atoms with Crippen LogP contribution in [0.5, 0.6) is 0 Å². The van der Waals surface area contributed by atoms with Gasteiger partial charge in [-0.15, -0.1) is 0 Å². The first-order chi connectivity index (χ1) is 9.58. The lowest BCUT2D eigenvalue weighted by atomic mass is 10.0. The van der Waals surface area contributed by atoms with Crippen molar-refractivity contribution in [1.82, 2.24) is 4.98 Å². The fourth-order valence-electron chi connectivity index (χ4n) is 2.23. The quantitative estimate of drug-likeness (QED) is 0.746. The number of hydrogen-bond donors (Lipinski definition) is 2. The molecule has 100 valence electrons. The summed E-state index contributed by atoms with van der Waals surface area (Å²) in [4.78, 5) is 13.7. The molecule has 20 heavy (non-hydrogen) atoms. The number of aromatic amines is 1. The van der Waals surface area contributed by atoms with Crippen molar-refractivity contribution in [3.63, 3.8) is 0 Å². The molecule has 2 aromatic carbocycles. The minimum atomic E-state index is -1.12. The van der Waals surface area contributed by atoms with E-state index in [0.29, 0.717) is 16.5 Å². The van der Waals surface area contributed by atoms with Crippen LogP contribution in [-0.4, -0.2) is 16.1 Å². The summed E-state index contributed by atoms with van der Waals surface area (Å²) in [5.74, 6) is -2.51. The minimum absolute atomic E-state index is 0.0239. The molecule has 0 atom stereocenters. The number of para-hydroxylation sites is 1. The Kier molecular flexibility index (Phi) is 2.75. The first-order valence-corrected chi connectivity index (χ1v) is 5.87. The third-order valence-electron chi connectivity index (χ3n) is 3.12. The monoisotopic (exact) mass is 273 g/mol. The van der Waals surface area contributed by atoms with Crippen LogP contribution in [-0.2, 0) is 0 Å². The van der Waals surface area contributed by atoms with E-state index in [-0.39, 0.29) is 11.3 Å². The molecule has 5 heteroatoms. The van der Waals surface area contributed by atoms with Crippen molar-refractivity contribution in [2.75, 3.05) is 0 Å². The van der Waals surface area contributed by atoms with Gasteiger partial charge in [0.15, 0.2) is 0 Å². The summed E-state index contributed by atoms with van der Waals surface area (Å²) in [6, 6.07) is 9.90. The number of hydrogen-bond acceptors (Lipinski definition) is 1. The van der Waals surface area contributed by atoms with Crippen molar-refractivity contribution in [1.29, 1.82) is 0 Å². The van der Waals surface area contributed by atoms with E-state index >= 15 is 0 Å². The van der Waals surface area contributed by atoms with Crippen molar-refractivity contribution in [2.45, 2.75) is 0 Å². The number of nitrogens with one attached hydrogen (secondary N) is 1. The lowest BCUT2D eigenvalue weighted by Gasteiger charge is -2.06. The normalized spacial score (nSPS) is 10.9. The molecule has 1 heterocycles. The molecule has 3 aromatic rings. The average molecular weight is 273 g/mol. The highest BCUT2D eigenvalue weighted by molar-refractivity contribution is 6.00. The van der Waals surface area contributed by atoms with Crippen molar-refractivity contribution >= 4 is 16.9 Å². The van der Waals surface area contributed by atoms with E-state index in [2.05, 4.69) is 4.98 Å². The lowest BCUT2D eigenvalue weighted by molar-refractivity contribution is 0.0691. The Hall–Kier alpha value is -2.69. The fourth-order valence-corrected chi connectivity index (χ4v) is 2.23. The molecule has 0 bridgehead atoms. The van der Waals surface area contributed by atoms with Crippen LogP contribution in [0.3, 0.4) is 0 Å². The van der Waals surface area contributed by atoms with Gasteiger partial charge in [-0.2, -0.15) is 0 Å². The molecule has 0 aliphatic heterocycles. The third kappa shape index (κ3) is 1.84. The minimum Gasteiger partial charge on any atom is -0.477 e. The molecule has 0 saturated carbocycles. The molecule has 0 unspecified atom stereocenters. The SMILES string of the molecule is O=C(O)c1cc2cccc(-c3c(F)cccc3F)c2[nH]1. The Bertz CT molecular complexity index is 804. The number of fused-ring (bicyclic) bond motifs is 1. The predicted molar refractivity (Wildman–Crippen MR) is 70.6 cm³/mol. The number of H-pyrrole nitrogens is 1. The lowest BCUT2D eigenvalue weighted by Crippen LogP contribution is -1.95. The van der Waals surface area contributed by atoms with Crippen molar-refractivity contribution < 1.29 is 18.7 Å². The van der Waals surface area contributed by atoms with Crippen molar-refractivity contribution in [3.8, 4) is 11.1 Å². The van der Waals surface area contributed by atoms with Crippen LogP contribution in [0.4, 0.5) is 8.78 Å². The number of carboxylic acids is 1. The van der Waals surface area contributed by atoms with Crippen LogP contribution in [0.15, 0.2) is 42.5 Å². The van der Waals surface area contributed by atoms with E-state index in [9.17, 15) is 13.6 Å². The summed E-state index contributed by atoms with van der Waals surface area (Å²) in [6.45, 7) is 0. The first kappa shape index (κ1) is 12.3. The van der Waals surface area contributed by atoms with Crippen LogP contribution >= 0.6 is 0 Å². The number of aromatic nitrogens is 1. The molecule has 0 fully saturated rings. The van der Waals surface area contributed by atoms with Crippen LogP contribution in [0, 0.1) is 11.6 Å². The number of halogens is 2. The Balaban J connectivity index is 2.34. The van der Waals surface area contributed by atoms with Crippen molar-refractivity contribution in [3.05, 3.63) is 59.8 Å². The Morgan fingerprint density at radius 2 is 1.70 bits per heavy atom. The van der Waals surface area contributed by atoms with Gasteiger partial charge in [0.1, 0.15) is 17.3 Å². The van der Waals surface area contributed by atoms with Gasteiger partial charge in [0.05, 0.1) is 11.1 Å².